The third-order valence-corrected chi connectivity index (χ3v) is 3.73. The molecule has 0 aliphatic heterocycles. The molecule has 8 heteroatoms. The summed E-state index contributed by atoms with van der Waals surface area (Å²) in [5.41, 5.74) is 6.13. The van der Waals surface area contributed by atoms with Crippen molar-refractivity contribution in [3.05, 3.63) is 45.7 Å². The van der Waals surface area contributed by atoms with Gasteiger partial charge in [-0.15, -0.1) is 11.3 Å². The van der Waals surface area contributed by atoms with Crippen molar-refractivity contribution in [1.82, 2.24) is 15.1 Å². The lowest BCUT2D eigenvalue weighted by molar-refractivity contribution is 0.421. The van der Waals surface area contributed by atoms with E-state index in [4.69, 9.17) is 10.3 Å². The number of hydrogen-bond donors (Lipinski definition) is 1. The monoisotopic (exact) mass is 308 g/mol. The second-order valence-electron chi connectivity index (χ2n) is 4.43. The van der Waals surface area contributed by atoms with Gasteiger partial charge in [0.05, 0.1) is 17.7 Å². The smallest absolute Gasteiger partial charge is 0.260 e. The number of thiazole rings is 1. The Hall–Kier alpha value is -2.35. The Morgan fingerprint density at radius 3 is 2.76 bits per heavy atom. The summed E-state index contributed by atoms with van der Waals surface area (Å²) in [6, 6.07) is 1.83. The quantitative estimate of drug-likeness (QED) is 0.753. The molecule has 21 heavy (non-hydrogen) atoms. The Balaban J connectivity index is 1.89. The van der Waals surface area contributed by atoms with Gasteiger partial charge >= 0.3 is 0 Å². The Morgan fingerprint density at radius 1 is 1.24 bits per heavy atom. The van der Waals surface area contributed by atoms with Crippen molar-refractivity contribution in [1.29, 1.82) is 0 Å². The van der Waals surface area contributed by atoms with Gasteiger partial charge in [0.2, 0.25) is 0 Å². The van der Waals surface area contributed by atoms with Gasteiger partial charge in [-0.05, 0) is 13.0 Å². The van der Waals surface area contributed by atoms with E-state index < -0.39 is 11.6 Å². The van der Waals surface area contributed by atoms with Crippen molar-refractivity contribution in [3.63, 3.8) is 0 Å². The van der Waals surface area contributed by atoms with Gasteiger partial charge in [-0.2, -0.15) is 4.98 Å². The van der Waals surface area contributed by atoms with Crippen molar-refractivity contribution in [2.24, 2.45) is 0 Å². The average molecular weight is 308 g/mol. The molecular weight excluding hydrogens is 298 g/mol. The number of aryl methyl sites for hydroxylation is 1. The summed E-state index contributed by atoms with van der Waals surface area (Å²) >= 11 is 1.48. The molecule has 3 rings (SSSR count). The predicted octanol–water partition coefficient (Wildman–Crippen LogP) is 2.95. The fourth-order valence-electron chi connectivity index (χ4n) is 1.78. The highest BCUT2D eigenvalue weighted by Gasteiger charge is 2.16. The molecule has 5 nitrogen and oxygen atoms in total. The van der Waals surface area contributed by atoms with E-state index in [-0.39, 0.29) is 17.1 Å². The summed E-state index contributed by atoms with van der Waals surface area (Å²) in [5.74, 6) is -1.29. The molecule has 2 heterocycles. The third kappa shape index (κ3) is 2.75. The van der Waals surface area contributed by atoms with Crippen molar-refractivity contribution in [3.8, 4) is 11.5 Å². The highest BCUT2D eigenvalue weighted by Crippen LogP contribution is 2.26. The van der Waals surface area contributed by atoms with Crippen LogP contribution in [0.1, 0.15) is 16.5 Å². The lowest BCUT2D eigenvalue weighted by atomic mass is 10.2. The second kappa shape index (κ2) is 5.21. The van der Waals surface area contributed by atoms with Gasteiger partial charge in [-0.3, -0.25) is 0 Å². The summed E-state index contributed by atoms with van der Waals surface area (Å²) in [6.45, 7) is 1.89. The van der Waals surface area contributed by atoms with E-state index in [9.17, 15) is 8.78 Å². The molecule has 108 valence electrons. The van der Waals surface area contributed by atoms with Crippen molar-refractivity contribution in [2.45, 2.75) is 13.3 Å². The zero-order valence-corrected chi connectivity index (χ0v) is 11.7. The first-order valence-corrected chi connectivity index (χ1v) is 6.89. The van der Waals surface area contributed by atoms with Crippen LogP contribution in [0.4, 0.5) is 14.5 Å². The van der Waals surface area contributed by atoms with E-state index in [0.717, 1.165) is 16.8 Å². The topological polar surface area (TPSA) is 77.8 Å². The average Bonchev–Trinajstić information content (AvgIpc) is 3.04. The predicted molar refractivity (Wildman–Crippen MR) is 73.7 cm³/mol. The number of nitrogen functional groups attached to an aromatic ring is 1. The van der Waals surface area contributed by atoms with E-state index in [1.807, 2.05) is 12.3 Å². The molecule has 0 unspecified atom stereocenters. The van der Waals surface area contributed by atoms with Gasteiger partial charge in [0.1, 0.15) is 16.6 Å². The van der Waals surface area contributed by atoms with Gasteiger partial charge in [-0.25, -0.2) is 13.8 Å². The summed E-state index contributed by atoms with van der Waals surface area (Å²) in [4.78, 5) is 8.37. The van der Waals surface area contributed by atoms with Crippen LogP contribution in [0.5, 0.6) is 0 Å². The molecule has 1 aromatic carbocycles. The minimum absolute atomic E-state index is 0.0250. The fraction of sp³-hybridized carbons (Fsp3) is 0.154. The highest BCUT2D eigenvalue weighted by molar-refractivity contribution is 7.09. The molecule has 0 fully saturated rings. The lowest BCUT2D eigenvalue weighted by Gasteiger charge is -2.00. The second-order valence-corrected chi connectivity index (χ2v) is 5.37. The third-order valence-electron chi connectivity index (χ3n) is 2.76. The summed E-state index contributed by atoms with van der Waals surface area (Å²) in [6.07, 6.45) is 0.389. The van der Waals surface area contributed by atoms with Crippen LogP contribution in [-0.4, -0.2) is 15.1 Å². The first-order chi connectivity index (χ1) is 10.0. The van der Waals surface area contributed by atoms with Crippen molar-refractivity contribution >= 4 is 17.0 Å². The molecule has 3 aromatic rings. The number of halogens is 2. The van der Waals surface area contributed by atoms with Gasteiger partial charge in [-0.1, -0.05) is 5.16 Å². The van der Waals surface area contributed by atoms with E-state index in [1.54, 1.807) is 0 Å². The van der Waals surface area contributed by atoms with Crippen LogP contribution in [-0.2, 0) is 6.42 Å². The number of nitrogens with zero attached hydrogens (tertiary/aromatic N) is 3. The largest absolute Gasteiger partial charge is 0.396 e. The molecule has 0 atom stereocenters. The maximum Gasteiger partial charge on any atom is 0.260 e. The Kier molecular flexibility index (Phi) is 3.38. The van der Waals surface area contributed by atoms with Crippen LogP contribution < -0.4 is 5.73 Å². The molecule has 2 aromatic heterocycles. The maximum absolute atomic E-state index is 13.7. The van der Waals surface area contributed by atoms with Crippen LogP contribution in [0.15, 0.2) is 22.0 Å². The minimum atomic E-state index is -0.825. The summed E-state index contributed by atoms with van der Waals surface area (Å²) in [7, 11) is 0. The number of anilines is 1. The van der Waals surface area contributed by atoms with Crippen LogP contribution in [0, 0.1) is 18.6 Å². The molecule has 0 amide bonds. The Morgan fingerprint density at radius 2 is 2.05 bits per heavy atom. The Labute approximate surface area is 122 Å². The van der Waals surface area contributed by atoms with E-state index in [0.29, 0.717) is 18.3 Å². The maximum atomic E-state index is 13.7. The lowest BCUT2D eigenvalue weighted by Crippen LogP contribution is -1.95. The number of rotatable bonds is 3. The highest BCUT2D eigenvalue weighted by atomic mass is 32.1. The summed E-state index contributed by atoms with van der Waals surface area (Å²) < 4.78 is 31.9. The molecular formula is C13H10F2N4OS. The first kappa shape index (κ1) is 13.6. The first-order valence-electron chi connectivity index (χ1n) is 6.01. The van der Waals surface area contributed by atoms with Gasteiger partial charge in [0, 0.05) is 17.1 Å². The van der Waals surface area contributed by atoms with Crippen LogP contribution >= 0.6 is 11.3 Å². The molecule has 0 saturated carbocycles. The van der Waals surface area contributed by atoms with E-state index >= 15 is 0 Å². The van der Waals surface area contributed by atoms with E-state index in [1.165, 1.54) is 11.3 Å². The number of nitrogens with two attached hydrogens (primary N) is 1. The zero-order chi connectivity index (χ0) is 15.0. The van der Waals surface area contributed by atoms with Crippen LogP contribution in [0.2, 0.25) is 0 Å². The standard InChI is InChI=1S/C13H10F2N4OS/c1-6-5-21-12(17-6)4-11-18-13(20-19-11)7-2-10(16)9(15)3-8(7)14/h2-3,5H,4,16H2,1H3. The molecule has 2 N–H and O–H groups in total. The number of aromatic nitrogens is 3. The van der Waals surface area contributed by atoms with Gasteiger partial charge in [0.25, 0.3) is 5.89 Å². The van der Waals surface area contributed by atoms with Crippen LogP contribution in [0.25, 0.3) is 11.5 Å². The molecule has 0 bridgehead atoms. The fourth-order valence-corrected chi connectivity index (χ4v) is 2.55. The van der Waals surface area contributed by atoms with Gasteiger partial charge in [0.15, 0.2) is 5.82 Å². The number of hydrogen-bond acceptors (Lipinski definition) is 6. The molecule has 0 aliphatic rings. The molecule has 0 spiro atoms. The SMILES string of the molecule is Cc1csc(Cc2noc(-c3cc(N)c(F)cc3F)n2)n1. The number of benzene rings is 1. The van der Waals surface area contributed by atoms with Crippen molar-refractivity contribution in [2.75, 3.05) is 5.73 Å². The molecule has 0 aliphatic carbocycles. The van der Waals surface area contributed by atoms with E-state index in [2.05, 4.69) is 15.1 Å². The van der Waals surface area contributed by atoms with Crippen molar-refractivity contribution < 1.29 is 13.3 Å². The van der Waals surface area contributed by atoms with Crippen LogP contribution in [0.3, 0.4) is 0 Å². The Bertz CT molecular complexity index is 799. The minimum Gasteiger partial charge on any atom is -0.396 e. The molecule has 0 saturated heterocycles. The molecule has 0 radical (unpaired) electrons. The van der Waals surface area contributed by atoms with Gasteiger partial charge < -0.3 is 10.3 Å². The zero-order valence-electron chi connectivity index (χ0n) is 10.9. The summed E-state index contributed by atoms with van der Waals surface area (Å²) in [5, 5.41) is 6.52. The normalized spacial score (nSPS) is 11.0.